The first-order chi connectivity index (χ1) is 14.2. The fourth-order valence-electron chi connectivity index (χ4n) is 3.84. The highest BCUT2D eigenvalue weighted by Crippen LogP contribution is 2.30. The van der Waals surface area contributed by atoms with Crippen molar-refractivity contribution < 1.29 is 9.18 Å². The van der Waals surface area contributed by atoms with Crippen LogP contribution in [0.25, 0.3) is 16.5 Å². The van der Waals surface area contributed by atoms with Gasteiger partial charge in [0.25, 0.3) is 5.91 Å². The Morgan fingerprint density at radius 2 is 2.17 bits per heavy atom. The SMILES string of the molecule is O=C(c1ccc(NCC2CC2)nc1)N1CC=C(c2c[nH]c3cc(F)ccc23)CC1. The number of amides is 1. The molecule has 6 heteroatoms. The lowest BCUT2D eigenvalue weighted by Crippen LogP contribution is -2.34. The van der Waals surface area contributed by atoms with E-state index in [0.717, 1.165) is 41.2 Å². The topological polar surface area (TPSA) is 61.0 Å². The molecule has 1 aromatic carbocycles. The van der Waals surface area contributed by atoms with Crippen molar-refractivity contribution in [3.8, 4) is 0 Å². The van der Waals surface area contributed by atoms with E-state index in [4.69, 9.17) is 0 Å². The number of hydrogen-bond donors (Lipinski definition) is 2. The van der Waals surface area contributed by atoms with Crippen LogP contribution in [0.5, 0.6) is 0 Å². The summed E-state index contributed by atoms with van der Waals surface area (Å²) in [5.41, 5.74) is 3.67. The van der Waals surface area contributed by atoms with Crippen LogP contribution >= 0.6 is 0 Å². The van der Waals surface area contributed by atoms with Gasteiger partial charge in [-0.1, -0.05) is 6.08 Å². The molecule has 0 saturated heterocycles. The van der Waals surface area contributed by atoms with E-state index in [1.807, 2.05) is 23.2 Å². The normalized spacial score (nSPS) is 16.7. The molecular formula is C23H23FN4O. The average molecular weight is 390 g/mol. The lowest BCUT2D eigenvalue weighted by Gasteiger charge is -2.26. The molecule has 1 saturated carbocycles. The Hall–Kier alpha value is -3.15. The Morgan fingerprint density at radius 1 is 1.28 bits per heavy atom. The molecule has 0 atom stereocenters. The molecule has 3 aromatic rings. The summed E-state index contributed by atoms with van der Waals surface area (Å²) in [5, 5.41) is 4.33. The number of hydrogen-bond acceptors (Lipinski definition) is 3. The van der Waals surface area contributed by atoms with Crippen LogP contribution in [-0.4, -0.2) is 40.4 Å². The lowest BCUT2D eigenvalue weighted by molar-refractivity contribution is 0.0772. The van der Waals surface area contributed by atoms with Crippen LogP contribution in [0.4, 0.5) is 10.2 Å². The van der Waals surface area contributed by atoms with Crippen LogP contribution in [0.15, 0.2) is 48.8 Å². The van der Waals surface area contributed by atoms with Crippen molar-refractivity contribution in [3.05, 3.63) is 65.7 Å². The van der Waals surface area contributed by atoms with Gasteiger partial charge in [0.2, 0.25) is 0 Å². The molecule has 1 aliphatic heterocycles. The third kappa shape index (κ3) is 3.75. The van der Waals surface area contributed by atoms with Crippen LogP contribution in [0.3, 0.4) is 0 Å². The van der Waals surface area contributed by atoms with E-state index in [1.165, 1.54) is 30.5 Å². The zero-order chi connectivity index (χ0) is 19.8. The number of anilines is 1. The summed E-state index contributed by atoms with van der Waals surface area (Å²) >= 11 is 0. The van der Waals surface area contributed by atoms with Gasteiger partial charge in [0.1, 0.15) is 11.6 Å². The smallest absolute Gasteiger partial charge is 0.255 e. The summed E-state index contributed by atoms with van der Waals surface area (Å²) in [5.74, 6) is 1.36. The third-order valence-electron chi connectivity index (χ3n) is 5.77. The summed E-state index contributed by atoms with van der Waals surface area (Å²) in [7, 11) is 0. The Kier molecular flexibility index (Phi) is 4.54. The predicted molar refractivity (Wildman–Crippen MR) is 112 cm³/mol. The number of carbonyl (C=O) groups excluding carboxylic acids is 1. The zero-order valence-corrected chi connectivity index (χ0v) is 16.1. The number of fused-ring (bicyclic) bond motifs is 1. The van der Waals surface area contributed by atoms with E-state index >= 15 is 0 Å². The molecule has 29 heavy (non-hydrogen) atoms. The lowest BCUT2D eigenvalue weighted by atomic mass is 9.98. The van der Waals surface area contributed by atoms with Gasteiger partial charge in [-0.05, 0) is 61.1 Å². The van der Waals surface area contributed by atoms with Crippen molar-refractivity contribution in [2.75, 3.05) is 25.0 Å². The molecule has 0 bridgehead atoms. The van der Waals surface area contributed by atoms with E-state index in [2.05, 4.69) is 21.4 Å². The van der Waals surface area contributed by atoms with Crippen LogP contribution in [0, 0.1) is 11.7 Å². The molecule has 2 aliphatic rings. The zero-order valence-electron chi connectivity index (χ0n) is 16.1. The second-order valence-corrected chi connectivity index (χ2v) is 7.88. The summed E-state index contributed by atoms with van der Waals surface area (Å²) in [6, 6.07) is 8.52. The molecule has 2 aromatic heterocycles. The molecule has 1 amide bonds. The summed E-state index contributed by atoms with van der Waals surface area (Å²) < 4.78 is 13.4. The van der Waals surface area contributed by atoms with E-state index in [1.54, 1.807) is 12.3 Å². The number of benzene rings is 1. The number of halogens is 1. The number of nitrogens with one attached hydrogen (secondary N) is 2. The maximum absolute atomic E-state index is 13.4. The Morgan fingerprint density at radius 3 is 2.90 bits per heavy atom. The van der Waals surface area contributed by atoms with E-state index in [0.29, 0.717) is 18.7 Å². The van der Waals surface area contributed by atoms with E-state index < -0.39 is 0 Å². The van der Waals surface area contributed by atoms with Crippen LogP contribution in [0.2, 0.25) is 0 Å². The van der Waals surface area contributed by atoms with Gasteiger partial charge < -0.3 is 15.2 Å². The molecule has 0 unspecified atom stereocenters. The predicted octanol–water partition coefficient (Wildman–Crippen LogP) is 4.45. The van der Waals surface area contributed by atoms with Gasteiger partial charge in [0.15, 0.2) is 0 Å². The first kappa shape index (κ1) is 17.9. The molecule has 2 N–H and O–H groups in total. The van der Waals surface area contributed by atoms with Crippen molar-refractivity contribution >= 4 is 28.2 Å². The minimum Gasteiger partial charge on any atom is -0.370 e. The number of rotatable bonds is 5. The highest BCUT2D eigenvalue weighted by atomic mass is 19.1. The molecule has 0 spiro atoms. The largest absolute Gasteiger partial charge is 0.370 e. The Balaban J connectivity index is 1.26. The summed E-state index contributed by atoms with van der Waals surface area (Å²) in [6.45, 7) is 2.17. The fourth-order valence-corrected chi connectivity index (χ4v) is 3.84. The van der Waals surface area contributed by atoms with Gasteiger partial charge in [-0.2, -0.15) is 0 Å². The first-order valence-electron chi connectivity index (χ1n) is 10.1. The number of aromatic nitrogens is 2. The molecule has 5 rings (SSSR count). The highest BCUT2D eigenvalue weighted by Gasteiger charge is 2.22. The van der Waals surface area contributed by atoms with Gasteiger partial charge in [0.05, 0.1) is 5.56 Å². The summed E-state index contributed by atoms with van der Waals surface area (Å²) in [4.78, 5) is 22.2. The first-order valence-corrected chi connectivity index (χ1v) is 10.1. The molecule has 148 valence electrons. The number of carbonyl (C=O) groups is 1. The van der Waals surface area contributed by atoms with Crippen molar-refractivity contribution in [2.45, 2.75) is 19.3 Å². The van der Waals surface area contributed by atoms with Gasteiger partial charge in [-0.25, -0.2) is 9.37 Å². The second-order valence-electron chi connectivity index (χ2n) is 7.88. The number of nitrogens with zero attached hydrogens (tertiary/aromatic N) is 2. The number of aromatic amines is 1. The molecule has 1 fully saturated rings. The van der Waals surface area contributed by atoms with Crippen LogP contribution in [0.1, 0.15) is 35.2 Å². The quantitative estimate of drug-likeness (QED) is 0.676. The van der Waals surface area contributed by atoms with Crippen molar-refractivity contribution in [2.24, 2.45) is 5.92 Å². The second kappa shape index (κ2) is 7.35. The minimum absolute atomic E-state index is 0.00235. The molecule has 5 nitrogen and oxygen atoms in total. The fraction of sp³-hybridized carbons (Fsp3) is 0.304. The third-order valence-corrected chi connectivity index (χ3v) is 5.77. The molecule has 0 radical (unpaired) electrons. The molecular weight excluding hydrogens is 367 g/mol. The van der Waals surface area contributed by atoms with Crippen LogP contribution in [-0.2, 0) is 0 Å². The maximum Gasteiger partial charge on any atom is 0.255 e. The van der Waals surface area contributed by atoms with Gasteiger partial charge in [-0.3, -0.25) is 4.79 Å². The van der Waals surface area contributed by atoms with E-state index in [9.17, 15) is 9.18 Å². The monoisotopic (exact) mass is 390 g/mol. The minimum atomic E-state index is -0.248. The maximum atomic E-state index is 13.4. The Bertz CT molecular complexity index is 1080. The number of pyridine rings is 1. The standard InChI is InChI=1S/C23H23FN4O/c24-18-4-5-19-20(14-25-21(19)11-18)16-7-9-28(10-8-16)23(29)17-3-6-22(27-13-17)26-12-15-1-2-15/h3-7,11,13-15,25H,1-2,8-10,12H2,(H,26,27). The van der Waals surface area contributed by atoms with E-state index in [-0.39, 0.29) is 11.7 Å². The summed E-state index contributed by atoms with van der Waals surface area (Å²) in [6.07, 6.45) is 9.03. The average Bonchev–Trinajstić information content (AvgIpc) is 3.50. The van der Waals surface area contributed by atoms with Crippen LogP contribution < -0.4 is 5.32 Å². The van der Waals surface area contributed by atoms with Crippen molar-refractivity contribution in [1.29, 1.82) is 0 Å². The Labute approximate surface area is 168 Å². The molecule has 1 aliphatic carbocycles. The van der Waals surface area contributed by atoms with Gasteiger partial charge in [0, 0.05) is 48.5 Å². The number of H-pyrrole nitrogens is 1. The molecule has 3 heterocycles. The highest BCUT2D eigenvalue weighted by molar-refractivity contribution is 5.96. The van der Waals surface area contributed by atoms with Crippen molar-refractivity contribution in [3.63, 3.8) is 0 Å². The van der Waals surface area contributed by atoms with Gasteiger partial charge >= 0.3 is 0 Å². The van der Waals surface area contributed by atoms with Gasteiger partial charge in [-0.15, -0.1) is 0 Å². The van der Waals surface area contributed by atoms with Crippen molar-refractivity contribution in [1.82, 2.24) is 14.9 Å².